The van der Waals surface area contributed by atoms with Crippen molar-refractivity contribution in [2.24, 2.45) is 0 Å². The van der Waals surface area contributed by atoms with Gasteiger partial charge in [0.2, 0.25) is 0 Å². The molecule has 0 spiro atoms. The van der Waals surface area contributed by atoms with Gasteiger partial charge >= 0.3 is 0 Å². The van der Waals surface area contributed by atoms with Gasteiger partial charge in [0.05, 0.1) is 21.8 Å². The molecular formula is C16H21N3O2S. The van der Waals surface area contributed by atoms with Crippen molar-refractivity contribution < 1.29 is 9.53 Å². The molecule has 0 aliphatic carbocycles. The standard InChI is InChI=1S/C16H21N3O2S/c1-16(2,3)15-19-11-5-4-10(8-13(11)22-15)18-14(20)12-9-17-6-7-21-12/h4-5,8,12,17H,6-7,9H2,1-3H3,(H,18,20). The predicted molar refractivity (Wildman–Crippen MR) is 89.6 cm³/mol. The lowest BCUT2D eigenvalue weighted by molar-refractivity contribution is -0.128. The van der Waals surface area contributed by atoms with Gasteiger partial charge in [-0.25, -0.2) is 4.98 Å². The van der Waals surface area contributed by atoms with Gasteiger partial charge in [-0.15, -0.1) is 11.3 Å². The number of carbonyl (C=O) groups is 1. The number of ether oxygens (including phenoxy) is 1. The Morgan fingerprint density at radius 2 is 2.27 bits per heavy atom. The van der Waals surface area contributed by atoms with Crippen LogP contribution in [0.25, 0.3) is 10.2 Å². The van der Waals surface area contributed by atoms with Crippen molar-refractivity contribution in [1.29, 1.82) is 0 Å². The van der Waals surface area contributed by atoms with Crippen LogP contribution in [0.3, 0.4) is 0 Å². The minimum Gasteiger partial charge on any atom is -0.366 e. The maximum atomic E-state index is 12.2. The van der Waals surface area contributed by atoms with E-state index in [0.29, 0.717) is 13.2 Å². The van der Waals surface area contributed by atoms with Crippen molar-refractivity contribution in [1.82, 2.24) is 10.3 Å². The molecule has 1 fully saturated rings. The van der Waals surface area contributed by atoms with Gasteiger partial charge < -0.3 is 15.4 Å². The molecule has 1 aromatic heterocycles. The summed E-state index contributed by atoms with van der Waals surface area (Å²) in [5.74, 6) is -0.105. The van der Waals surface area contributed by atoms with Crippen LogP contribution in [0.4, 0.5) is 5.69 Å². The van der Waals surface area contributed by atoms with Gasteiger partial charge in [-0.2, -0.15) is 0 Å². The summed E-state index contributed by atoms with van der Waals surface area (Å²) >= 11 is 1.68. The van der Waals surface area contributed by atoms with E-state index in [2.05, 4.69) is 36.4 Å². The van der Waals surface area contributed by atoms with Crippen molar-refractivity contribution in [3.8, 4) is 0 Å². The molecule has 1 aliphatic rings. The van der Waals surface area contributed by atoms with Crippen molar-refractivity contribution in [2.75, 3.05) is 25.0 Å². The molecule has 1 aromatic carbocycles. The molecular weight excluding hydrogens is 298 g/mol. The van der Waals surface area contributed by atoms with Gasteiger partial charge in [0, 0.05) is 24.2 Å². The Morgan fingerprint density at radius 1 is 1.45 bits per heavy atom. The fourth-order valence-corrected chi connectivity index (χ4v) is 3.34. The lowest BCUT2D eigenvalue weighted by atomic mass is 9.98. The van der Waals surface area contributed by atoms with Gasteiger partial charge in [0.1, 0.15) is 6.10 Å². The summed E-state index contributed by atoms with van der Waals surface area (Å²) in [5.41, 5.74) is 1.80. The number of hydrogen-bond donors (Lipinski definition) is 2. The number of hydrogen-bond acceptors (Lipinski definition) is 5. The van der Waals surface area contributed by atoms with E-state index in [1.165, 1.54) is 0 Å². The summed E-state index contributed by atoms with van der Waals surface area (Å²) < 4.78 is 6.55. The van der Waals surface area contributed by atoms with E-state index in [-0.39, 0.29) is 11.3 Å². The van der Waals surface area contributed by atoms with Crippen LogP contribution in [0.15, 0.2) is 18.2 Å². The first-order chi connectivity index (χ1) is 10.4. The minimum absolute atomic E-state index is 0.0364. The highest BCUT2D eigenvalue weighted by molar-refractivity contribution is 7.18. The lowest BCUT2D eigenvalue weighted by Gasteiger charge is -2.22. The van der Waals surface area contributed by atoms with Crippen molar-refractivity contribution in [3.05, 3.63) is 23.2 Å². The van der Waals surface area contributed by atoms with Gasteiger partial charge in [0.15, 0.2) is 0 Å². The number of rotatable bonds is 2. The average Bonchev–Trinajstić information content (AvgIpc) is 2.91. The third kappa shape index (κ3) is 3.29. The van der Waals surface area contributed by atoms with E-state index in [1.807, 2.05) is 18.2 Å². The number of benzene rings is 1. The zero-order valence-corrected chi connectivity index (χ0v) is 13.9. The molecule has 6 heteroatoms. The zero-order chi connectivity index (χ0) is 15.7. The Bertz CT molecular complexity index is 684. The quantitative estimate of drug-likeness (QED) is 0.893. The average molecular weight is 319 g/mol. The normalized spacial score (nSPS) is 19.3. The molecule has 0 saturated carbocycles. The summed E-state index contributed by atoms with van der Waals surface area (Å²) in [6.45, 7) is 8.39. The fourth-order valence-electron chi connectivity index (χ4n) is 2.28. The largest absolute Gasteiger partial charge is 0.366 e. The van der Waals surface area contributed by atoms with E-state index < -0.39 is 6.10 Å². The Kier molecular flexibility index (Phi) is 4.16. The lowest BCUT2D eigenvalue weighted by Crippen LogP contribution is -2.45. The molecule has 1 aliphatic heterocycles. The van der Waals surface area contributed by atoms with E-state index in [9.17, 15) is 4.79 Å². The maximum absolute atomic E-state index is 12.2. The van der Waals surface area contributed by atoms with Crippen molar-refractivity contribution in [2.45, 2.75) is 32.3 Å². The van der Waals surface area contributed by atoms with Crippen LogP contribution in [0.5, 0.6) is 0 Å². The number of fused-ring (bicyclic) bond motifs is 1. The molecule has 3 rings (SSSR count). The Balaban J connectivity index is 1.78. The first-order valence-corrected chi connectivity index (χ1v) is 8.29. The highest BCUT2D eigenvalue weighted by Gasteiger charge is 2.22. The topological polar surface area (TPSA) is 63.2 Å². The van der Waals surface area contributed by atoms with Gasteiger partial charge in [0.25, 0.3) is 5.91 Å². The van der Waals surface area contributed by atoms with E-state index in [0.717, 1.165) is 27.5 Å². The number of anilines is 1. The third-order valence-electron chi connectivity index (χ3n) is 3.52. The van der Waals surface area contributed by atoms with Crippen LogP contribution >= 0.6 is 11.3 Å². The summed E-state index contributed by atoms with van der Waals surface area (Å²) in [7, 11) is 0. The van der Waals surface area contributed by atoms with Crippen molar-refractivity contribution >= 4 is 33.1 Å². The molecule has 22 heavy (non-hydrogen) atoms. The number of nitrogens with zero attached hydrogens (tertiary/aromatic N) is 1. The zero-order valence-electron chi connectivity index (χ0n) is 13.1. The highest BCUT2D eigenvalue weighted by Crippen LogP contribution is 2.32. The number of carbonyl (C=O) groups excluding carboxylic acids is 1. The molecule has 2 heterocycles. The van der Waals surface area contributed by atoms with Crippen LogP contribution in [0.2, 0.25) is 0 Å². The molecule has 118 valence electrons. The Hall–Kier alpha value is -1.50. The number of aromatic nitrogens is 1. The van der Waals surface area contributed by atoms with Crippen LogP contribution in [-0.2, 0) is 14.9 Å². The second kappa shape index (κ2) is 5.95. The van der Waals surface area contributed by atoms with E-state index in [4.69, 9.17) is 4.74 Å². The van der Waals surface area contributed by atoms with Crippen molar-refractivity contribution in [3.63, 3.8) is 0 Å². The van der Waals surface area contributed by atoms with E-state index in [1.54, 1.807) is 11.3 Å². The number of morpholine rings is 1. The van der Waals surface area contributed by atoms with Crippen LogP contribution in [0, 0.1) is 0 Å². The van der Waals surface area contributed by atoms with Crippen LogP contribution in [0.1, 0.15) is 25.8 Å². The first-order valence-electron chi connectivity index (χ1n) is 7.48. The summed E-state index contributed by atoms with van der Waals surface area (Å²) in [4.78, 5) is 16.8. The number of thiazole rings is 1. The number of nitrogens with one attached hydrogen (secondary N) is 2. The molecule has 5 nitrogen and oxygen atoms in total. The molecule has 1 atom stereocenters. The Labute approximate surface area is 134 Å². The fraction of sp³-hybridized carbons (Fsp3) is 0.500. The number of amides is 1. The Morgan fingerprint density at radius 3 is 2.95 bits per heavy atom. The van der Waals surface area contributed by atoms with Gasteiger partial charge in [-0.05, 0) is 18.2 Å². The molecule has 0 bridgehead atoms. The molecule has 2 N–H and O–H groups in total. The first kappa shape index (κ1) is 15.4. The van der Waals surface area contributed by atoms with Crippen LogP contribution < -0.4 is 10.6 Å². The SMILES string of the molecule is CC(C)(C)c1nc2ccc(NC(=O)C3CNCCO3)cc2s1. The molecule has 1 unspecified atom stereocenters. The third-order valence-corrected chi connectivity index (χ3v) is 4.96. The van der Waals surface area contributed by atoms with Crippen LogP contribution in [-0.4, -0.2) is 36.7 Å². The second-order valence-corrected chi connectivity index (χ2v) is 7.53. The van der Waals surface area contributed by atoms with Gasteiger partial charge in [-0.3, -0.25) is 4.79 Å². The highest BCUT2D eigenvalue weighted by atomic mass is 32.1. The van der Waals surface area contributed by atoms with Gasteiger partial charge in [-0.1, -0.05) is 20.8 Å². The summed E-state index contributed by atoms with van der Waals surface area (Å²) in [6.07, 6.45) is -0.420. The monoisotopic (exact) mass is 319 g/mol. The second-order valence-electron chi connectivity index (χ2n) is 6.50. The molecule has 2 aromatic rings. The maximum Gasteiger partial charge on any atom is 0.254 e. The molecule has 1 amide bonds. The minimum atomic E-state index is -0.420. The molecule has 0 radical (unpaired) electrons. The summed E-state index contributed by atoms with van der Waals surface area (Å²) in [5, 5.41) is 7.19. The molecule has 1 saturated heterocycles. The predicted octanol–water partition coefficient (Wildman–Crippen LogP) is 2.52. The smallest absolute Gasteiger partial charge is 0.254 e. The summed E-state index contributed by atoms with van der Waals surface area (Å²) in [6, 6.07) is 5.83. The van der Waals surface area contributed by atoms with E-state index >= 15 is 0 Å².